The monoisotopic (exact) mass is 449 g/mol. The molecule has 0 radical (unpaired) electrons. The van der Waals surface area contributed by atoms with E-state index >= 15 is 0 Å². The van der Waals surface area contributed by atoms with Crippen LogP contribution in [0.1, 0.15) is 35.9 Å². The van der Waals surface area contributed by atoms with Gasteiger partial charge in [-0.15, -0.1) is 0 Å². The SMILES string of the molecule is CCOC(=O)NC1CCCN(C(=O)Cc2ccc(NC(=O)c3cc4ccccc4o3)cc2)C1. The lowest BCUT2D eigenvalue weighted by Crippen LogP contribution is -2.50. The van der Waals surface area contributed by atoms with Crippen molar-refractivity contribution in [2.45, 2.75) is 32.2 Å². The molecule has 8 heteroatoms. The van der Waals surface area contributed by atoms with E-state index in [4.69, 9.17) is 9.15 Å². The molecule has 2 N–H and O–H groups in total. The molecule has 1 aliphatic heterocycles. The van der Waals surface area contributed by atoms with E-state index < -0.39 is 6.09 Å². The van der Waals surface area contributed by atoms with Gasteiger partial charge in [-0.3, -0.25) is 9.59 Å². The second-order valence-electron chi connectivity index (χ2n) is 8.02. The number of benzene rings is 2. The molecule has 1 aromatic heterocycles. The summed E-state index contributed by atoms with van der Waals surface area (Å²) in [5.41, 5.74) is 2.13. The Hall–Kier alpha value is -3.81. The molecule has 8 nitrogen and oxygen atoms in total. The molecule has 0 spiro atoms. The van der Waals surface area contributed by atoms with E-state index in [2.05, 4.69) is 10.6 Å². The zero-order chi connectivity index (χ0) is 23.2. The predicted molar refractivity (Wildman–Crippen MR) is 124 cm³/mol. The van der Waals surface area contributed by atoms with Crippen LogP contribution in [0.3, 0.4) is 0 Å². The Kier molecular flexibility index (Phi) is 6.92. The molecule has 1 saturated heterocycles. The predicted octanol–water partition coefficient (Wildman–Crippen LogP) is 3.96. The van der Waals surface area contributed by atoms with Crippen LogP contribution in [0, 0.1) is 0 Å². The molecule has 1 fully saturated rings. The van der Waals surface area contributed by atoms with Gasteiger partial charge < -0.3 is 24.7 Å². The molecule has 2 heterocycles. The number of ether oxygens (including phenoxy) is 1. The number of hydrogen-bond donors (Lipinski definition) is 2. The third-order valence-electron chi connectivity index (χ3n) is 5.59. The molecule has 1 unspecified atom stereocenters. The summed E-state index contributed by atoms with van der Waals surface area (Å²) in [5, 5.41) is 6.50. The maximum atomic E-state index is 12.8. The number of rotatable bonds is 6. The van der Waals surface area contributed by atoms with Crippen molar-refractivity contribution in [3.8, 4) is 0 Å². The second kappa shape index (κ2) is 10.2. The number of hydrogen-bond acceptors (Lipinski definition) is 5. The Morgan fingerprint density at radius 1 is 1.12 bits per heavy atom. The van der Waals surface area contributed by atoms with Crippen molar-refractivity contribution < 1.29 is 23.5 Å². The largest absolute Gasteiger partial charge is 0.451 e. The molecule has 1 atom stereocenters. The Morgan fingerprint density at radius 2 is 1.91 bits per heavy atom. The number of piperidine rings is 1. The molecule has 33 heavy (non-hydrogen) atoms. The first-order valence-corrected chi connectivity index (χ1v) is 11.1. The number of carbonyl (C=O) groups excluding carboxylic acids is 3. The van der Waals surface area contributed by atoms with Gasteiger partial charge in [0.1, 0.15) is 5.58 Å². The number of nitrogens with zero attached hydrogens (tertiary/aromatic N) is 1. The average Bonchev–Trinajstić information content (AvgIpc) is 3.25. The third-order valence-corrected chi connectivity index (χ3v) is 5.59. The maximum Gasteiger partial charge on any atom is 0.407 e. The van der Waals surface area contributed by atoms with Gasteiger partial charge in [-0.1, -0.05) is 30.3 Å². The lowest BCUT2D eigenvalue weighted by atomic mass is 10.0. The molecule has 3 amide bonds. The molecule has 172 valence electrons. The highest BCUT2D eigenvalue weighted by molar-refractivity contribution is 6.04. The zero-order valence-corrected chi connectivity index (χ0v) is 18.5. The van der Waals surface area contributed by atoms with Crippen LogP contribution in [0.25, 0.3) is 11.0 Å². The Labute approximate surface area is 191 Å². The van der Waals surface area contributed by atoms with Crippen LogP contribution in [0.4, 0.5) is 10.5 Å². The first kappa shape index (κ1) is 22.4. The number of carbonyl (C=O) groups is 3. The minimum atomic E-state index is -0.447. The number of alkyl carbamates (subject to hydrolysis) is 1. The normalized spacial score (nSPS) is 15.8. The molecule has 3 aromatic rings. The highest BCUT2D eigenvalue weighted by Crippen LogP contribution is 2.20. The summed E-state index contributed by atoms with van der Waals surface area (Å²) in [6.45, 7) is 3.22. The van der Waals surface area contributed by atoms with Gasteiger partial charge in [0.2, 0.25) is 5.91 Å². The maximum absolute atomic E-state index is 12.8. The van der Waals surface area contributed by atoms with Crippen LogP contribution in [-0.4, -0.2) is 48.5 Å². The highest BCUT2D eigenvalue weighted by Gasteiger charge is 2.25. The van der Waals surface area contributed by atoms with Crippen LogP contribution in [0.2, 0.25) is 0 Å². The summed E-state index contributed by atoms with van der Waals surface area (Å²) in [5.74, 6) is -0.0839. The molecule has 4 rings (SSSR count). The number of nitrogens with one attached hydrogen (secondary N) is 2. The van der Waals surface area contributed by atoms with Crippen LogP contribution < -0.4 is 10.6 Å². The van der Waals surface area contributed by atoms with E-state index in [1.807, 2.05) is 36.4 Å². The van der Waals surface area contributed by atoms with Crippen molar-refractivity contribution in [3.05, 3.63) is 65.9 Å². The standard InChI is InChI=1S/C25H27N3O5/c1-2-32-25(31)27-20-7-5-13-28(16-20)23(29)14-17-9-11-19(12-10-17)26-24(30)22-15-18-6-3-4-8-21(18)33-22/h3-4,6,8-12,15,20H,2,5,7,13-14,16H2,1H3,(H,26,30)(H,27,31). The number of likely N-dealkylation sites (tertiary alicyclic amines) is 1. The first-order valence-electron chi connectivity index (χ1n) is 11.1. The Bertz CT molecular complexity index is 1110. The lowest BCUT2D eigenvalue weighted by molar-refractivity contribution is -0.131. The van der Waals surface area contributed by atoms with E-state index in [0.717, 1.165) is 23.8 Å². The van der Waals surface area contributed by atoms with Gasteiger partial charge in [0, 0.05) is 30.2 Å². The Morgan fingerprint density at radius 3 is 2.67 bits per heavy atom. The molecule has 0 saturated carbocycles. The van der Waals surface area contributed by atoms with Gasteiger partial charge in [0.25, 0.3) is 5.91 Å². The van der Waals surface area contributed by atoms with Gasteiger partial charge in [0.15, 0.2) is 5.76 Å². The number of fused-ring (bicyclic) bond motifs is 1. The van der Waals surface area contributed by atoms with Gasteiger partial charge in [0.05, 0.1) is 13.0 Å². The molecule has 1 aliphatic rings. The molecular formula is C25H27N3O5. The summed E-state index contributed by atoms with van der Waals surface area (Å²) < 4.78 is 10.5. The van der Waals surface area contributed by atoms with Crippen LogP contribution in [0.15, 0.2) is 59.0 Å². The lowest BCUT2D eigenvalue weighted by Gasteiger charge is -2.33. The second-order valence-corrected chi connectivity index (χ2v) is 8.02. The summed E-state index contributed by atoms with van der Waals surface area (Å²) in [7, 11) is 0. The van der Waals surface area contributed by atoms with Gasteiger partial charge in [-0.2, -0.15) is 0 Å². The summed E-state index contributed by atoms with van der Waals surface area (Å²) in [6, 6.07) is 16.2. The van der Waals surface area contributed by atoms with Crippen molar-refractivity contribution in [2.24, 2.45) is 0 Å². The van der Waals surface area contributed by atoms with E-state index in [9.17, 15) is 14.4 Å². The molecular weight excluding hydrogens is 422 g/mol. The van der Waals surface area contributed by atoms with Crippen LogP contribution in [0.5, 0.6) is 0 Å². The Balaban J connectivity index is 1.31. The van der Waals surface area contributed by atoms with E-state index in [0.29, 0.717) is 31.0 Å². The topological polar surface area (TPSA) is 101 Å². The molecule has 0 aliphatic carbocycles. The minimum absolute atomic E-state index is 0.00409. The highest BCUT2D eigenvalue weighted by atomic mass is 16.5. The van der Waals surface area contributed by atoms with E-state index in [1.54, 1.807) is 30.0 Å². The minimum Gasteiger partial charge on any atom is -0.451 e. The first-order chi connectivity index (χ1) is 16.0. The fraction of sp³-hybridized carbons (Fsp3) is 0.320. The summed E-state index contributed by atoms with van der Waals surface area (Å²) >= 11 is 0. The summed E-state index contributed by atoms with van der Waals surface area (Å²) in [6.07, 6.45) is 1.46. The third kappa shape index (κ3) is 5.71. The average molecular weight is 450 g/mol. The van der Waals surface area contributed by atoms with E-state index in [-0.39, 0.29) is 30.0 Å². The zero-order valence-electron chi connectivity index (χ0n) is 18.5. The van der Waals surface area contributed by atoms with Gasteiger partial charge in [-0.25, -0.2) is 4.79 Å². The smallest absolute Gasteiger partial charge is 0.407 e. The van der Waals surface area contributed by atoms with Crippen molar-refractivity contribution >= 4 is 34.6 Å². The number of amides is 3. The van der Waals surface area contributed by atoms with Crippen molar-refractivity contribution in [2.75, 3.05) is 25.0 Å². The van der Waals surface area contributed by atoms with E-state index in [1.165, 1.54) is 0 Å². The number of anilines is 1. The van der Waals surface area contributed by atoms with Crippen molar-refractivity contribution in [1.29, 1.82) is 0 Å². The quantitative estimate of drug-likeness (QED) is 0.593. The van der Waals surface area contributed by atoms with Crippen LogP contribution in [-0.2, 0) is 16.0 Å². The van der Waals surface area contributed by atoms with Crippen molar-refractivity contribution in [3.63, 3.8) is 0 Å². The van der Waals surface area contributed by atoms with Gasteiger partial charge in [-0.05, 0) is 49.6 Å². The van der Waals surface area contributed by atoms with Crippen LogP contribution >= 0.6 is 0 Å². The molecule has 2 aromatic carbocycles. The van der Waals surface area contributed by atoms with Crippen molar-refractivity contribution in [1.82, 2.24) is 10.2 Å². The summed E-state index contributed by atoms with van der Waals surface area (Å²) in [4.78, 5) is 38.7. The fourth-order valence-electron chi connectivity index (χ4n) is 3.94. The number of furan rings is 1. The number of para-hydroxylation sites is 1. The molecule has 0 bridgehead atoms. The van der Waals surface area contributed by atoms with Gasteiger partial charge >= 0.3 is 6.09 Å². The fourth-order valence-corrected chi connectivity index (χ4v) is 3.94.